The molecule has 2 aromatic rings. The summed E-state index contributed by atoms with van der Waals surface area (Å²) in [6.07, 6.45) is 5.51. The summed E-state index contributed by atoms with van der Waals surface area (Å²) in [6.45, 7) is 0. The quantitative estimate of drug-likeness (QED) is 0.911. The van der Waals surface area contributed by atoms with E-state index in [9.17, 15) is 4.79 Å². The van der Waals surface area contributed by atoms with E-state index in [1.54, 1.807) is 6.20 Å². The summed E-state index contributed by atoms with van der Waals surface area (Å²) in [5, 5.41) is 3.04. The van der Waals surface area contributed by atoms with Crippen molar-refractivity contribution in [1.29, 1.82) is 0 Å². The van der Waals surface area contributed by atoms with Crippen LogP contribution in [-0.4, -0.2) is 21.6 Å². The summed E-state index contributed by atoms with van der Waals surface area (Å²) in [5.74, 6) is 0.849. The van der Waals surface area contributed by atoms with Crippen LogP contribution in [0.2, 0.25) is 0 Å². The minimum atomic E-state index is -0.167. The number of fused-ring (bicyclic) bond motifs is 1. The van der Waals surface area contributed by atoms with E-state index in [0.29, 0.717) is 5.69 Å². The number of carbonyl (C=O) groups is 1. The number of nitrogens with zero attached hydrogens (tertiary/aromatic N) is 2. The summed E-state index contributed by atoms with van der Waals surface area (Å²) in [4.78, 5) is 21.3. The topological polar surface area (TPSA) is 54.9 Å². The molecule has 19 heavy (non-hydrogen) atoms. The fourth-order valence-electron chi connectivity index (χ4n) is 2.14. The van der Waals surface area contributed by atoms with E-state index in [1.807, 2.05) is 23.9 Å². The van der Waals surface area contributed by atoms with E-state index < -0.39 is 0 Å². The Morgan fingerprint density at radius 1 is 1.32 bits per heavy atom. The Morgan fingerprint density at radius 3 is 3.05 bits per heavy atom. The van der Waals surface area contributed by atoms with Gasteiger partial charge in [0.25, 0.3) is 5.91 Å². The molecule has 1 aromatic heterocycles. The maximum Gasteiger partial charge on any atom is 0.271 e. The molecule has 1 aromatic carbocycles. The lowest BCUT2D eigenvalue weighted by Gasteiger charge is -2.25. The van der Waals surface area contributed by atoms with Crippen molar-refractivity contribution in [3.63, 3.8) is 0 Å². The highest BCUT2D eigenvalue weighted by atomic mass is 32.2. The molecule has 0 unspecified atom stereocenters. The molecule has 1 aliphatic heterocycles. The molecule has 0 spiro atoms. The fourth-order valence-corrected chi connectivity index (χ4v) is 3.27. The Morgan fingerprint density at radius 2 is 2.21 bits per heavy atom. The Bertz CT molecular complexity index is 588. The van der Waals surface area contributed by atoms with Crippen LogP contribution in [-0.2, 0) is 0 Å². The number of amides is 1. The smallest absolute Gasteiger partial charge is 0.271 e. The van der Waals surface area contributed by atoms with Crippen molar-refractivity contribution in [1.82, 2.24) is 15.3 Å². The zero-order chi connectivity index (χ0) is 13.1. The van der Waals surface area contributed by atoms with E-state index in [-0.39, 0.29) is 11.9 Å². The van der Waals surface area contributed by atoms with E-state index in [1.165, 1.54) is 22.9 Å². The second-order valence-electron chi connectivity index (χ2n) is 4.29. The number of hydrogen-bond acceptors (Lipinski definition) is 4. The number of aromatic nitrogens is 2. The van der Waals surface area contributed by atoms with Crippen LogP contribution in [0.1, 0.15) is 28.5 Å². The van der Waals surface area contributed by atoms with Gasteiger partial charge in [0.15, 0.2) is 0 Å². The zero-order valence-electron chi connectivity index (χ0n) is 10.2. The Balaban J connectivity index is 1.80. The number of carbonyl (C=O) groups excluding carboxylic acids is 1. The molecule has 3 rings (SSSR count). The van der Waals surface area contributed by atoms with E-state index in [0.717, 1.165) is 12.2 Å². The van der Waals surface area contributed by atoms with Gasteiger partial charge in [-0.25, -0.2) is 4.98 Å². The molecule has 5 heteroatoms. The first-order valence-electron chi connectivity index (χ1n) is 6.13. The number of benzene rings is 1. The van der Waals surface area contributed by atoms with Gasteiger partial charge in [-0.1, -0.05) is 18.2 Å². The van der Waals surface area contributed by atoms with Crippen LogP contribution < -0.4 is 5.32 Å². The average molecular weight is 271 g/mol. The largest absolute Gasteiger partial charge is 0.344 e. The Labute approximate surface area is 115 Å². The predicted molar refractivity (Wildman–Crippen MR) is 74.0 cm³/mol. The van der Waals surface area contributed by atoms with Gasteiger partial charge < -0.3 is 5.32 Å². The molecule has 1 aliphatic rings. The molecule has 1 N–H and O–H groups in total. The average Bonchev–Trinajstić information content (AvgIpc) is 2.48. The third-order valence-corrected chi connectivity index (χ3v) is 4.18. The highest BCUT2D eigenvalue weighted by Crippen LogP contribution is 2.35. The monoisotopic (exact) mass is 271 g/mol. The van der Waals surface area contributed by atoms with Gasteiger partial charge in [0.05, 0.1) is 12.2 Å². The van der Waals surface area contributed by atoms with Crippen LogP contribution >= 0.6 is 11.8 Å². The van der Waals surface area contributed by atoms with E-state index >= 15 is 0 Å². The maximum atomic E-state index is 12.1. The second-order valence-corrected chi connectivity index (χ2v) is 5.43. The van der Waals surface area contributed by atoms with Gasteiger partial charge in [-0.05, 0) is 18.1 Å². The number of rotatable bonds is 2. The highest BCUT2D eigenvalue weighted by molar-refractivity contribution is 7.99. The molecular formula is C14H13N3OS. The molecule has 0 saturated carbocycles. The molecule has 0 fully saturated rings. The normalized spacial score (nSPS) is 17.6. The van der Waals surface area contributed by atoms with Gasteiger partial charge in [-0.15, -0.1) is 11.8 Å². The van der Waals surface area contributed by atoms with Gasteiger partial charge in [-0.2, -0.15) is 0 Å². The lowest BCUT2D eigenvalue weighted by Crippen LogP contribution is -2.31. The van der Waals surface area contributed by atoms with E-state index in [4.69, 9.17) is 0 Å². The molecule has 4 nitrogen and oxygen atoms in total. The number of nitrogens with one attached hydrogen (secondary N) is 1. The van der Waals surface area contributed by atoms with Crippen LogP contribution in [0.15, 0.2) is 47.8 Å². The lowest BCUT2D eigenvalue weighted by atomic mass is 10.0. The standard InChI is InChI=1S/C14H13N3OS/c18-14(12-9-15-6-7-16-12)17-11-5-8-19-13-4-2-1-3-10(11)13/h1-4,6-7,9,11H,5,8H2,(H,17,18)/t11-/m0/s1. The first-order chi connectivity index (χ1) is 9.34. The first-order valence-corrected chi connectivity index (χ1v) is 7.12. The minimum Gasteiger partial charge on any atom is -0.344 e. The summed E-state index contributed by atoms with van der Waals surface area (Å²) in [7, 11) is 0. The molecular weight excluding hydrogens is 258 g/mol. The van der Waals surface area contributed by atoms with Crippen molar-refractivity contribution in [3.05, 3.63) is 54.1 Å². The van der Waals surface area contributed by atoms with Crippen molar-refractivity contribution in [2.45, 2.75) is 17.4 Å². The summed E-state index contributed by atoms with van der Waals surface area (Å²) < 4.78 is 0. The van der Waals surface area contributed by atoms with Gasteiger partial charge in [0.1, 0.15) is 5.69 Å². The van der Waals surface area contributed by atoms with E-state index in [2.05, 4.69) is 27.4 Å². The van der Waals surface area contributed by atoms with Gasteiger partial charge in [-0.3, -0.25) is 9.78 Å². The molecule has 2 heterocycles. The summed E-state index contributed by atoms with van der Waals surface area (Å²) >= 11 is 1.84. The SMILES string of the molecule is O=C(N[C@H]1CCSc2ccccc21)c1cnccn1. The van der Waals surface area contributed by atoms with Gasteiger partial charge in [0.2, 0.25) is 0 Å². The Hall–Kier alpha value is -1.88. The van der Waals surface area contributed by atoms with Crippen LogP contribution in [0.4, 0.5) is 0 Å². The Kier molecular flexibility index (Phi) is 3.46. The van der Waals surface area contributed by atoms with Crippen LogP contribution in [0.5, 0.6) is 0 Å². The van der Waals surface area contributed by atoms with Crippen LogP contribution in [0.3, 0.4) is 0 Å². The molecule has 1 atom stereocenters. The van der Waals surface area contributed by atoms with Crippen molar-refractivity contribution < 1.29 is 4.79 Å². The highest BCUT2D eigenvalue weighted by Gasteiger charge is 2.22. The molecule has 0 radical (unpaired) electrons. The van der Waals surface area contributed by atoms with Crippen molar-refractivity contribution in [2.24, 2.45) is 0 Å². The predicted octanol–water partition coefficient (Wildman–Crippen LogP) is 2.44. The van der Waals surface area contributed by atoms with Gasteiger partial charge >= 0.3 is 0 Å². The molecule has 0 saturated heterocycles. The van der Waals surface area contributed by atoms with Crippen LogP contribution in [0, 0.1) is 0 Å². The van der Waals surface area contributed by atoms with Crippen molar-refractivity contribution >= 4 is 17.7 Å². The number of hydrogen-bond donors (Lipinski definition) is 1. The first kappa shape index (κ1) is 12.2. The number of thioether (sulfide) groups is 1. The van der Waals surface area contributed by atoms with Crippen molar-refractivity contribution in [2.75, 3.05) is 5.75 Å². The van der Waals surface area contributed by atoms with Crippen LogP contribution in [0.25, 0.3) is 0 Å². The van der Waals surface area contributed by atoms with Gasteiger partial charge in [0, 0.05) is 23.0 Å². The molecule has 0 bridgehead atoms. The minimum absolute atomic E-state index is 0.0620. The zero-order valence-corrected chi connectivity index (χ0v) is 11.1. The maximum absolute atomic E-state index is 12.1. The third-order valence-electron chi connectivity index (χ3n) is 3.06. The fraction of sp³-hybridized carbons (Fsp3) is 0.214. The van der Waals surface area contributed by atoms with Crippen molar-refractivity contribution in [3.8, 4) is 0 Å². The second kappa shape index (κ2) is 5.40. The third kappa shape index (κ3) is 2.61. The lowest BCUT2D eigenvalue weighted by molar-refractivity contribution is 0.0929. The molecule has 1 amide bonds. The summed E-state index contributed by atoms with van der Waals surface area (Å²) in [5.41, 5.74) is 1.55. The summed E-state index contributed by atoms with van der Waals surface area (Å²) in [6, 6.07) is 8.27. The molecule has 0 aliphatic carbocycles. The molecule has 96 valence electrons.